The Kier molecular flexibility index (Phi) is 5.43. The number of amides is 1. The smallest absolute Gasteiger partial charge is 0.303 e. The second-order valence-corrected chi connectivity index (χ2v) is 4.98. The van der Waals surface area contributed by atoms with Gasteiger partial charge in [0.15, 0.2) is 6.10 Å². The zero-order chi connectivity index (χ0) is 15.1. The van der Waals surface area contributed by atoms with Gasteiger partial charge < -0.3 is 20.5 Å². The maximum Gasteiger partial charge on any atom is 0.303 e. The van der Waals surface area contributed by atoms with E-state index in [9.17, 15) is 9.59 Å². The van der Waals surface area contributed by atoms with Crippen molar-refractivity contribution in [2.24, 2.45) is 0 Å². The lowest BCUT2D eigenvalue weighted by Gasteiger charge is -2.26. The van der Waals surface area contributed by atoms with Crippen molar-refractivity contribution in [2.45, 2.75) is 31.8 Å². The van der Waals surface area contributed by atoms with Crippen molar-refractivity contribution in [3.05, 3.63) is 24.3 Å². The quantitative estimate of drug-likeness (QED) is 0.665. The topological polar surface area (TPSA) is 87.7 Å². The summed E-state index contributed by atoms with van der Waals surface area (Å²) in [6.45, 7) is 0.988. The molecular weight excluding hydrogens is 272 g/mol. The van der Waals surface area contributed by atoms with Crippen molar-refractivity contribution in [2.75, 3.05) is 18.4 Å². The summed E-state index contributed by atoms with van der Waals surface area (Å²) in [5, 5.41) is 14.5. The fraction of sp³-hybridized carbons (Fsp3) is 0.467. The van der Waals surface area contributed by atoms with E-state index in [2.05, 4.69) is 10.6 Å². The third-order valence-corrected chi connectivity index (χ3v) is 3.29. The van der Waals surface area contributed by atoms with Crippen LogP contribution in [0, 0.1) is 0 Å². The largest absolute Gasteiger partial charge is 0.481 e. The molecule has 6 heteroatoms. The van der Waals surface area contributed by atoms with Crippen LogP contribution in [0.3, 0.4) is 0 Å². The molecule has 1 aliphatic heterocycles. The molecule has 0 spiro atoms. The zero-order valence-electron chi connectivity index (χ0n) is 11.8. The lowest BCUT2D eigenvalue weighted by atomic mass is 10.2. The second kappa shape index (κ2) is 7.52. The molecule has 1 amide bonds. The summed E-state index contributed by atoms with van der Waals surface area (Å²) in [6.07, 6.45) is 1.86. The molecule has 0 aliphatic carbocycles. The van der Waals surface area contributed by atoms with Gasteiger partial charge in [0.05, 0.1) is 12.2 Å². The van der Waals surface area contributed by atoms with Gasteiger partial charge in [0.2, 0.25) is 0 Å². The predicted octanol–water partition coefficient (Wildman–Crippen LogP) is 1.62. The average molecular weight is 292 g/mol. The third kappa shape index (κ3) is 4.66. The molecule has 0 aromatic heterocycles. The minimum absolute atomic E-state index is 0.143. The summed E-state index contributed by atoms with van der Waals surface area (Å²) in [5.74, 6) is -0.236. The Labute approximate surface area is 123 Å². The SMILES string of the molecule is O=C(O)CCCCCNC(=O)C1CNc2ccccc2O1. The molecule has 1 aromatic carbocycles. The Morgan fingerprint density at radius 1 is 1.29 bits per heavy atom. The molecule has 3 N–H and O–H groups in total. The monoisotopic (exact) mass is 292 g/mol. The number of carboxylic acids is 1. The van der Waals surface area contributed by atoms with Crippen LogP contribution < -0.4 is 15.4 Å². The number of carbonyl (C=O) groups is 2. The van der Waals surface area contributed by atoms with Crippen LogP contribution in [0.15, 0.2) is 24.3 Å². The van der Waals surface area contributed by atoms with Crippen molar-refractivity contribution in [3.63, 3.8) is 0 Å². The maximum absolute atomic E-state index is 12.0. The minimum atomic E-state index is -0.778. The molecule has 2 rings (SSSR count). The lowest BCUT2D eigenvalue weighted by Crippen LogP contribution is -2.44. The number of unbranched alkanes of at least 4 members (excludes halogenated alkanes) is 2. The number of carbonyl (C=O) groups excluding carboxylic acids is 1. The van der Waals surface area contributed by atoms with Crippen LogP contribution in [0.25, 0.3) is 0 Å². The summed E-state index contributed by atoms with van der Waals surface area (Å²) in [5.41, 5.74) is 0.898. The Balaban J connectivity index is 1.67. The molecule has 1 aliphatic rings. The average Bonchev–Trinajstić information content (AvgIpc) is 2.49. The molecule has 1 heterocycles. The van der Waals surface area contributed by atoms with Crippen LogP contribution >= 0.6 is 0 Å². The number of aliphatic carboxylic acids is 1. The second-order valence-electron chi connectivity index (χ2n) is 4.98. The Bertz CT molecular complexity index is 504. The van der Waals surface area contributed by atoms with Crippen molar-refractivity contribution in [1.29, 1.82) is 0 Å². The number of hydrogen-bond donors (Lipinski definition) is 3. The number of benzene rings is 1. The minimum Gasteiger partial charge on any atom is -0.481 e. The Morgan fingerprint density at radius 3 is 2.90 bits per heavy atom. The van der Waals surface area contributed by atoms with Gasteiger partial charge in [0.25, 0.3) is 5.91 Å². The van der Waals surface area contributed by atoms with Gasteiger partial charge in [-0.25, -0.2) is 0 Å². The fourth-order valence-corrected chi connectivity index (χ4v) is 2.16. The van der Waals surface area contributed by atoms with Crippen LogP contribution in [-0.2, 0) is 9.59 Å². The van der Waals surface area contributed by atoms with Gasteiger partial charge in [-0.2, -0.15) is 0 Å². The van der Waals surface area contributed by atoms with Gasteiger partial charge in [-0.15, -0.1) is 0 Å². The summed E-state index contributed by atoms with van der Waals surface area (Å²) < 4.78 is 5.65. The highest BCUT2D eigenvalue weighted by Crippen LogP contribution is 2.28. The number of hydrogen-bond acceptors (Lipinski definition) is 4. The van der Waals surface area contributed by atoms with E-state index in [1.807, 2.05) is 24.3 Å². The van der Waals surface area contributed by atoms with E-state index >= 15 is 0 Å². The van der Waals surface area contributed by atoms with E-state index in [0.29, 0.717) is 25.3 Å². The highest BCUT2D eigenvalue weighted by atomic mass is 16.5. The standard InChI is InChI=1S/C15H20N2O4/c18-14(19)8-2-1-5-9-16-15(20)13-10-17-11-6-3-4-7-12(11)21-13/h3-4,6-7,13,17H,1-2,5,8-10H2,(H,16,20)(H,18,19). The van der Waals surface area contributed by atoms with Crippen LogP contribution in [0.5, 0.6) is 5.75 Å². The van der Waals surface area contributed by atoms with Crippen LogP contribution in [0.4, 0.5) is 5.69 Å². The number of rotatable bonds is 7. The first-order chi connectivity index (χ1) is 10.2. The zero-order valence-corrected chi connectivity index (χ0v) is 11.8. The fourth-order valence-electron chi connectivity index (χ4n) is 2.16. The van der Waals surface area contributed by atoms with E-state index in [1.165, 1.54) is 0 Å². The van der Waals surface area contributed by atoms with E-state index in [1.54, 1.807) is 0 Å². The molecule has 0 radical (unpaired) electrons. The van der Waals surface area contributed by atoms with Crippen molar-refractivity contribution in [3.8, 4) is 5.75 Å². The van der Waals surface area contributed by atoms with Gasteiger partial charge >= 0.3 is 5.97 Å². The summed E-state index contributed by atoms with van der Waals surface area (Å²) in [7, 11) is 0. The Hall–Kier alpha value is -2.24. The molecular formula is C15H20N2O4. The first-order valence-corrected chi connectivity index (χ1v) is 7.16. The van der Waals surface area contributed by atoms with Gasteiger partial charge in [-0.3, -0.25) is 9.59 Å². The van der Waals surface area contributed by atoms with E-state index in [0.717, 1.165) is 18.5 Å². The van der Waals surface area contributed by atoms with E-state index in [4.69, 9.17) is 9.84 Å². The summed E-state index contributed by atoms with van der Waals surface area (Å²) in [6, 6.07) is 7.51. The number of anilines is 1. The summed E-state index contributed by atoms with van der Waals surface area (Å²) in [4.78, 5) is 22.3. The first kappa shape index (κ1) is 15.2. The Morgan fingerprint density at radius 2 is 2.10 bits per heavy atom. The molecule has 0 bridgehead atoms. The first-order valence-electron chi connectivity index (χ1n) is 7.16. The van der Waals surface area contributed by atoms with Crippen LogP contribution in [0.1, 0.15) is 25.7 Å². The van der Waals surface area contributed by atoms with Gasteiger partial charge in [0.1, 0.15) is 5.75 Å². The predicted molar refractivity (Wildman–Crippen MR) is 78.5 cm³/mol. The van der Waals surface area contributed by atoms with Gasteiger partial charge in [-0.05, 0) is 25.0 Å². The van der Waals surface area contributed by atoms with Crippen molar-refractivity contribution < 1.29 is 19.4 Å². The molecule has 0 fully saturated rings. The molecule has 114 valence electrons. The number of ether oxygens (including phenoxy) is 1. The molecule has 1 unspecified atom stereocenters. The molecule has 6 nitrogen and oxygen atoms in total. The highest BCUT2D eigenvalue weighted by Gasteiger charge is 2.25. The maximum atomic E-state index is 12.0. The number of carboxylic acid groups (broad SMARTS) is 1. The summed E-state index contributed by atoms with van der Waals surface area (Å²) >= 11 is 0. The number of fused-ring (bicyclic) bond motifs is 1. The van der Waals surface area contributed by atoms with E-state index in [-0.39, 0.29) is 12.3 Å². The van der Waals surface area contributed by atoms with Crippen LogP contribution in [-0.4, -0.2) is 36.2 Å². The van der Waals surface area contributed by atoms with Gasteiger partial charge in [-0.1, -0.05) is 18.6 Å². The van der Waals surface area contributed by atoms with Gasteiger partial charge in [0, 0.05) is 13.0 Å². The van der Waals surface area contributed by atoms with Crippen LogP contribution in [0.2, 0.25) is 0 Å². The number of nitrogens with one attached hydrogen (secondary N) is 2. The molecule has 0 saturated heterocycles. The molecule has 1 atom stereocenters. The number of para-hydroxylation sites is 2. The lowest BCUT2D eigenvalue weighted by molar-refractivity contribution is -0.137. The molecule has 0 saturated carbocycles. The third-order valence-electron chi connectivity index (χ3n) is 3.29. The highest BCUT2D eigenvalue weighted by molar-refractivity contribution is 5.83. The van der Waals surface area contributed by atoms with E-state index < -0.39 is 12.1 Å². The normalized spacial score (nSPS) is 16.3. The van der Waals surface area contributed by atoms with Crippen molar-refractivity contribution >= 4 is 17.6 Å². The molecule has 21 heavy (non-hydrogen) atoms. The van der Waals surface area contributed by atoms with Crippen molar-refractivity contribution in [1.82, 2.24) is 5.32 Å². The molecule has 1 aromatic rings.